The summed E-state index contributed by atoms with van der Waals surface area (Å²) in [6, 6.07) is 30.5. The lowest BCUT2D eigenvalue weighted by atomic mass is 10.1. The molecule has 0 spiro atoms. The molecule has 40 heavy (non-hydrogen) atoms. The van der Waals surface area contributed by atoms with Crippen LogP contribution in [-0.2, 0) is 21.3 Å². The lowest BCUT2D eigenvalue weighted by Crippen LogP contribution is -2.32. The van der Waals surface area contributed by atoms with Gasteiger partial charge in [0.2, 0.25) is 0 Å². The highest BCUT2D eigenvalue weighted by atomic mass is 32.2. The summed E-state index contributed by atoms with van der Waals surface area (Å²) in [7, 11) is -2.45. The Morgan fingerprint density at radius 1 is 0.750 bits per heavy atom. The van der Waals surface area contributed by atoms with Crippen LogP contribution in [0.25, 0.3) is 0 Å². The number of hydrogen-bond donors (Lipinski definition) is 2. The van der Waals surface area contributed by atoms with Crippen LogP contribution in [0, 0.1) is 0 Å². The van der Waals surface area contributed by atoms with E-state index in [-0.39, 0.29) is 28.6 Å². The Morgan fingerprint density at radius 3 is 2.05 bits per heavy atom. The number of carbonyl (C=O) groups excluding carboxylic acids is 2. The Morgan fingerprint density at radius 2 is 1.35 bits per heavy atom. The number of amides is 2. The first-order chi connectivity index (χ1) is 19.4. The molecule has 0 unspecified atom stereocenters. The topological polar surface area (TPSA) is 105 Å². The van der Waals surface area contributed by atoms with Gasteiger partial charge in [-0.2, -0.15) is 0 Å². The molecule has 4 aromatic rings. The van der Waals surface area contributed by atoms with Crippen molar-refractivity contribution in [1.82, 2.24) is 5.32 Å². The van der Waals surface area contributed by atoms with Gasteiger partial charge in [0.15, 0.2) is 0 Å². The smallest absolute Gasteiger partial charge is 0.264 e. The first kappa shape index (κ1) is 28.5. The number of rotatable bonds is 12. The Labute approximate surface area is 234 Å². The van der Waals surface area contributed by atoms with Crippen LogP contribution in [0.3, 0.4) is 0 Å². The monoisotopic (exact) mass is 557 g/mol. The van der Waals surface area contributed by atoms with E-state index in [0.717, 1.165) is 5.56 Å². The zero-order valence-electron chi connectivity index (χ0n) is 22.1. The number of ether oxygens (including phenoxy) is 1. The number of sulfonamides is 1. The van der Waals surface area contributed by atoms with Gasteiger partial charge in [0.05, 0.1) is 33.9 Å². The number of benzene rings is 4. The van der Waals surface area contributed by atoms with E-state index in [0.29, 0.717) is 30.8 Å². The van der Waals surface area contributed by atoms with Gasteiger partial charge in [-0.05, 0) is 48.4 Å². The molecule has 0 atom stereocenters. The predicted molar refractivity (Wildman–Crippen MR) is 156 cm³/mol. The summed E-state index contributed by atoms with van der Waals surface area (Å²) >= 11 is 0. The molecule has 0 aliphatic carbocycles. The van der Waals surface area contributed by atoms with Gasteiger partial charge in [-0.3, -0.25) is 13.9 Å². The number of hydrogen-bond acceptors (Lipinski definition) is 5. The molecule has 0 radical (unpaired) electrons. The number of nitrogens with zero attached hydrogens (tertiary/aromatic N) is 1. The summed E-state index contributed by atoms with van der Waals surface area (Å²) < 4.78 is 34.0. The van der Waals surface area contributed by atoms with Crippen molar-refractivity contribution in [1.29, 1.82) is 0 Å². The average Bonchev–Trinajstić information content (AvgIpc) is 2.99. The van der Waals surface area contributed by atoms with Gasteiger partial charge >= 0.3 is 0 Å². The number of anilines is 2. The van der Waals surface area contributed by atoms with E-state index in [9.17, 15) is 18.0 Å². The fourth-order valence-corrected chi connectivity index (χ4v) is 5.64. The third kappa shape index (κ3) is 6.93. The van der Waals surface area contributed by atoms with E-state index in [1.54, 1.807) is 73.8 Å². The van der Waals surface area contributed by atoms with Crippen molar-refractivity contribution in [2.45, 2.75) is 17.9 Å². The number of para-hydroxylation sites is 2. The molecular weight excluding hydrogens is 526 g/mol. The maximum Gasteiger partial charge on any atom is 0.264 e. The third-order valence-corrected chi connectivity index (χ3v) is 7.92. The fourth-order valence-electron chi connectivity index (χ4n) is 4.15. The van der Waals surface area contributed by atoms with Crippen LogP contribution in [0.4, 0.5) is 11.4 Å². The van der Waals surface area contributed by atoms with Crippen molar-refractivity contribution >= 4 is 33.2 Å². The molecule has 0 bridgehead atoms. The summed E-state index contributed by atoms with van der Waals surface area (Å²) in [5.41, 5.74) is 1.73. The fraction of sp³-hybridized carbons (Fsp3) is 0.161. The number of nitrogens with one attached hydrogen (secondary N) is 2. The summed E-state index contributed by atoms with van der Waals surface area (Å²) in [6.45, 7) is 0.952. The first-order valence-corrected chi connectivity index (χ1v) is 14.2. The molecule has 0 aliphatic rings. The minimum atomic E-state index is -4.04. The molecule has 0 aromatic heterocycles. The predicted octanol–water partition coefficient (Wildman–Crippen LogP) is 5.10. The Hall–Kier alpha value is -4.47. The van der Waals surface area contributed by atoms with Gasteiger partial charge in [-0.15, -0.1) is 0 Å². The summed E-state index contributed by atoms with van der Waals surface area (Å²) in [4.78, 5) is 26.6. The molecule has 2 N–H and O–H groups in total. The SMILES string of the molecule is COCCCNC(=O)c1ccccc1NC(=O)c1ccccc1N(Cc1ccccc1)S(=O)(=O)c1ccccc1. The summed E-state index contributed by atoms with van der Waals surface area (Å²) in [5.74, 6) is -0.880. The average molecular weight is 558 g/mol. The van der Waals surface area contributed by atoms with Gasteiger partial charge in [0.25, 0.3) is 21.8 Å². The molecule has 9 heteroatoms. The molecule has 206 valence electrons. The van der Waals surface area contributed by atoms with Crippen molar-refractivity contribution in [2.75, 3.05) is 29.9 Å². The minimum absolute atomic E-state index is 0.0167. The van der Waals surface area contributed by atoms with E-state index in [1.165, 1.54) is 16.4 Å². The molecule has 0 fully saturated rings. The quantitative estimate of drug-likeness (QED) is 0.236. The molecule has 4 aromatic carbocycles. The second-order valence-electron chi connectivity index (χ2n) is 8.93. The maximum atomic E-state index is 13.9. The second kappa shape index (κ2) is 13.5. The normalized spacial score (nSPS) is 11.0. The lowest BCUT2D eigenvalue weighted by Gasteiger charge is -2.26. The van der Waals surface area contributed by atoms with Crippen LogP contribution in [0.1, 0.15) is 32.7 Å². The van der Waals surface area contributed by atoms with Crippen LogP contribution >= 0.6 is 0 Å². The van der Waals surface area contributed by atoms with E-state index < -0.39 is 15.9 Å². The lowest BCUT2D eigenvalue weighted by molar-refractivity contribution is 0.0949. The maximum absolute atomic E-state index is 13.9. The molecule has 0 heterocycles. The van der Waals surface area contributed by atoms with Gasteiger partial charge < -0.3 is 15.4 Å². The largest absolute Gasteiger partial charge is 0.385 e. The van der Waals surface area contributed by atoms with Crippen molar-refractivity contribution in [3.63, 3.8) is 0 Å². The second-order valence-corrected chi connectivity index (χ2v) is 10.8. The highest BCUT2D eigenvalue weighted by Gasteiger charge is 2.29. The van der Waals surface area contributed by atoms with Crippen LogP contribution in [0.2, 0.25) is 0 Å². The van der Waals surface area contributed by atoms with Gasteiger partial charge in [0, 0.05) is 20.3 Å². The molecular formula is C31H31N3O5S. The van der Waals surface area contributed by atoms with Crippen molar-refractivity contribution in [3.8, 4) is 0 Å². The number of methoxy groups -OCH3 is 1. The third-order valence-electron chi connectivity index (χ3n) is 6.15. The Balaban J connectivity index is 1.68. The molecule has 0 saturated heterocycles. The Bertz CT molecular complexity index is 1540. The van der Waals surface area contributed by atoms with Gasteiger partial charge in [-0.1, -0.05) is 72.8 Å². The first-order valence-electron chi connectivity index (χ1n) is 12.8. The highest BCUT2D eigenvalue weighted by molar-refractivity contribution is 7.92. The number of carbonyl (C=O) groups is 2. The molecule has 0 aliphatic heterocycles. The molecule has 4 rings (SSSR count). The van der Waals surface area contributed by atoms with Crippen LogP contribution < -0.4 is 14.9 Å². The molecule has 2 amide bonds. The van der Waals surface area contributed by atoms with Crippen LogP contribution in [0.15, 0.2) is 114 Å². The van der Waals surface area contributed by atoms with Crippen LogP contribution in [0.5, 0.6) is 0 Å². The van der Waals surface area contributed by atoms with Crippen molar-refractivity contribution in [3.05, 3.63) is 126 Å². The molecule has 8 nitrogen and oxygen atoms in total. The minimum Gasteiger partial charge on any atom is -0.385 e. The highest BCUT2D eigenvalue weighted by Crippen LogP contribution is 2.30. The van der Waals surface area contributed by atoms with E-state index in [1.807, 2.05) is 30.3 Å². The van der Waals surface area contributed by atoms with E-state index >= 15 is 0 Å². The van der Waals surface area contributed by atoms with Gasteiger partial charge in [-0.25, -0.2) is 8.42 Å². The van der Waals surface area contributed by atoms with E-state index in [4.69, 9.17) is 4.74 Å². The summed E-state index contributed by atoms with van der Waals surface area (Å²) in [6.07, 6.45) is 0.650. The van der Waals surface area contributed by atoms with Crippen molar-refractivity contribution in [2.24, 2.45) is 0 Å². The Kier molecular flexibility index (Phi) is 9.66. The van der Waals surface area contributed by atoms with Crippen molar-refractivity contribution < 1.29 is 22.7 Å². The zero-order valence-corrected chi connectivity index (χ0v) is 22.9. The zero-order chi connectivity index (χ0) is 28.4. The van der Waals surface area contributed by atoms with E-state index in [2.05, 4.69) is 10.6 Å². The molecule has 0 saturated carbocycles. The van der Waals surface area contributed by atoms with Gasteiger partial charge in [0.1, 0.15) is 0 Å². The van der Waals surface area contributed by atoms with Crippen LogP contribution in [-0.4, -0.2) is 40.5 Å². The standard InChI is InChI=1S/C31H31N3O5S/c1-39-22-12-21-32-30(35)26-17-8-10-19-28(26)33-31(36)27-18-9-11-20-29(27)34(23-24-13-4-2-5-14-24)40(37,38)25-15-6-3-7-16-25/h2-11,13-20H,12,21-23H2,1H3,(H,32,35)(H,33,36). The summed E-state index contributed by atoms with van der Waals surface area (Å²) in [5, 5.41) is 5.64.